The quantitative estimate of drug-likeness (QED) is 0.622. The maximum absolute atomic E-state index is 14.1. The first-order chi connectivity index (χ1) is 12.5. The minimum Gasteiger partial charge on any atom is -0.335 e. The van der Waals surface area contributed by atoms with E-state index in [2.05, 4.69) is 19.9 Å². The summed E-state index contributed by atoms with van der Waals surface area (Å²) in [6, 6.07) is 1.68. The summed E-state index contributed by atoms with van der Waals surface area (Å²) in [5, 5.41) is 0. The molecule has 2 aromatic heterocycles. The van der Waals surface area contributed by atoms with E-state index in [9.17, 15) is 30.7 Å². The first-order valence-electron chi connectivity index (χ1n) is 7.76. The van der Waals surface area contributed by atoms with Gasteiger partial charge in [-0.05, 0) is 31.0 Å². The van der Waals surface area contributed by atoms with Crippen molar-refractivity contribution in [2.75, 3.05) is 0 Å². The topological polar surface area (TPSA) is 54.5 Å². The maximum Gasteiger partial charge on any atom is 0.435 e. The molecule has 0 saturated heterocycles. The van der Waals surface area contributed by atoms with Gasteiger partial charge < -0.3 is 4.98 Å². The fourth-order valence-electron chi connectivity index (χ4n) is 2.65. The summed E-state index contributed by atoms with van der Waals surface area (Å²) < 4.78 is 92.0. The van der Waals surface area contributed by atoms with Crippen LogP contribution in [0.2, 0.25) is 0 Å². The van der Waals surface area contributed by atoms with Crippen LogP contribution in [0.4, 0.5) is 30.7 Å². The van der Waals surface area contributed by atoms with Gasteiger partial charge in [0.2, 0.25) is 0 Å². The van der Waals surface area contributed by atoms with E-state index in [0.717, 1.165) is 6.07 Å². The highest BCUT2D eigenvalue weighted by molar-refractivity contribution is 5.78. The van der Waals surface area contributed by atoms with Gasteiger partial charge in [-0.25, -0.2) is 19.3 Å². The number of aromatic nitrogens is 4. The molecule has 27 heavy (non-hydrogen) atoms. The first kappa shape index (κ1) is 17.7. The highest BCUT2D eigenvalue weighted by atomic mass is 19.4. The Bertz CT molecular complexity index is 1030. The number of halogens is 7. The van der Waals surface area contributed by atoms with E-state index in [1.165, 1.54) is 0 Å². The number of alkyl halides is 6. The number of nitrogens with one attached hydrogen (secondary N) is 1. The number of fused-ring (bicyclic) bond motifs is 1. The van der Waals surface area contributed by atoms with E-state index in [1.54, 1.807) is 0 Å². The number of hydrogen-bond donors (Lipinski definition) is 1. The molecule has 1 aliphatic carbocycles. The van der Waals surface area contributed by atoms with E-state index >= 15 is 0 Å². The second kappa shape index (κ2) is 5.64. The fraction of sp³-hybridized carbons (Fsp3) is 0.312. The molecule has 1 N–H and O–H groups in total. The monoisotopic (exact) mass is 390 g/mol. The van der Waals surface area contributed by atoms with Crippen molar-refractivity contribution in [3.8, 4) is 11.4 Å². The highest BCUT2D eigenvalue weighted by Gasteiger charge is 2.39. The molecule has 0 bridgehead atoms. The van der Waals surface area contributed by atoms with Gasteiger partial charge in [0.25, 0.3) is 0 Å². The van der Waals surface area contributed by atoms with Crippen LogP contribution in [-0.4, -0.2) is 19.9 Å². The van der Waals surface area contributed by atoms with Gasteiger partial charge in [-0.3, -0.25) is 0 Å². The van der Waals surface area contributed by atoms with Gasteiger partial charge in [0.15, 0.2) is 11.3 Å². The lowest BCUT2D eigenvalue weighted by atomic mass is 10.1. The Morgan fingerprint density at radius 2 is 1.63 bits per heavy atom. The predicted molar refractivity (Wildman–Crippen MR) is 79.1 cm³/mol. The Morgan fingerprint density at radius 1 is 0.926 bits per heavy atom. The highest BCUT2D eigenvalue weighted by Crippen LogP contribution is 2.41. The molecular weight excluding hydrogens is 381 g/mol. The van der Waals surface area contributed by atoms with Crippen molar-refractivity contribution in [2.24, 2.45) is 0 Å². The van der Waals surface area contributed by atoms with Gasteiger partial charge in [-0.2, -0.15) is 26.3 Å². The van der Waals surface area contributed by atoms with Crippen molar-refractivity contribution < 1.29 is 30.7 Å². The third kappa shape index (κ3) is 3.21. The second-order valence-corrected chi connectivity index (χ2v) is 6.18. The van der Waals surface area contributed by atoms with Gasteiger partial charge in [-0.15, -0.1) is 0 Å². The smallest absolute Gasteiger partial charge is 0.335 e. The van der Waals surface area contributed by atoms with Crippen molar-refractivity contribution in [1.29, 1.82) is 0 Å². The molecule has 2 heterocycles. The summed E-state index contributed by atoms with van der Waals surface area (Å²) in [4.78, 5) is 13.7. The molecule has 0 amide bonds. The zero-order valence-electron chi connectivity index (χ0n) is 13.2. The lowest BCUT2D eigenvalue weighted by Gasteiger charge is -2.08. The van der Waals surface area contributed by atoms with Crippen molar-refractivity contribution >= 4 is 11.2 Å². The summed E-state index contributed by atoms with van der Waals surface area (Å²) in [5.74, 6) is -1.81. The maximum atomic E-state index is 14.1. The third-order valence-corrected chi connectivity index (χ3v) is 4.13. The summed E-state index contributed by atoms with van der Waals surface area (Å²) in [7, 11) is 0. The zero-order chi connectivity index (χ0) is 19.6. The first-order valence-corrected chi connectivity index (χ1v) is 7.76. The largest absolute Gasteiger partial charge is 0.435 e. The number of benzene rings is 1. The van der Waals surface area contributed by atoms with Crippen LogP contribution in [-0.2, 0) is 12.4 Å². The normalized spacial score (nSPS) is 15.5. The molecule has 0 radical (unpaired) electrons. The van der Waals surface area contributed by atoms with E-state index in [0.29, 0.717) is 18.9 Å². The molecule has 11 heteroatoms. The van der Waals surface area contributed by atoms with Crippen molar-refractivity contribution in [3.05, 3.63) is 41.1 Å². The van der Waals surface area contributed by atoms with E-state index in [1.807, 2.05) is 0 Å². The number of imidazole rings is 1. The third-order valence-electron chi connectivity index (χ3n) is 4.13. The predicted octanol–water partition coefficient (Wildman–Crippen LogP) is 5.07. The van der Waals surface area contributed by atoms with Crippen LogP contribution in [0.5, 0.6) is 0 Å². The molecule has 0 spiro atoms. The molecule has 1 fully saturated rings. The minimum absolute atomic E-state index is 0.000710. The SMILES string of the molecule is Fc1cc(C(F)(F)F)ccc1-c1nc2nc(C3CC3)nc(C(F)(F)F)c2[nH]1. The summed E-state index contributed by atoms with van der Waals surface area (Å²) in [6.45, 7) is 0. The zero-order valence-corrected chi connectivity index (χ0v) is 13.2. The Morgan fingerprint density at radius 3 is 2.19 bits per heavy atom. The number of aromatic amines is 1. The molecule has 142 valence electrons. The Kier molecular flexibility index (Phi) is 3.69. The van der Waals surface area contributed by atoms with Crippen LogP contribution >= 0.6 is 0 Å². The average Bonchev–Trinajstić information content (AvgIpc) is 3.31. The van der Waals surface area contributed by atoms with Crippen molar-refractivity contribution in [3.63, 3.8) is 0 Å². The van der Waals surface area contributed by atoms with Crippen LogP contribution in [0.1, 0.15) is 35.8 Å². The van der Waals surface area contributed by atoms with Crippen molar-refractivity contribution in [1.82, 2.24) is 19.9 Å². The van der Waals surface area contributed by atoms with Gasteiger partial charge >= 0.3 is 12.4 Å². The lowest BCUT2D eigenvalue weighted by molar-refractivity contribution is -0.140. The number of hydrogen-bond acceptors (Lipinski definition) is 3. The average molecular weight is 390 g/mol. The van der Waals surface area contributed by atoms with Gasteiger partial charge in [0, 0.05) is 5.92 Å². The van der Waals surface area contributed by atoms with Crippen LogP contribution in [0.25, 0.3) is 22.6 Å². The standard InChI is InChI=1S/C16H9F7N4/c17-9-5-7(15(18,19)20)3-4-8(9)13-24-10-11(16(21,22)23)25-12(6-1-2-6)26-14(10)27-13/h3-6H,1-2H2,(H,24,25,26,27). The molecule has 1 aromatic carbocycles. The Balaban J connectivity index is 1.86. The number of H-pyrrole nitrogens is 1. The molecular formula is C16H9F7N4. The molecule has 0 atom stereocenters. The van der Waals surface area contributed by atoms with E-state index in [4.69, 9.17) is 0 Å². The van der Waals surface area contributed by atoms with Gasteiger partial charge in [0.05, 0.1) is 11.1 Å². The Labute approximate surface area is 146 Å². The molecule has 3 aromatic rings. The molecule has 4 rings (SSSR count). The van der Waals surface area contributed by atoms with Crippen molar-refractivity contribution in [2.45, 2.75) is 31.1 Å². The molecule has 4 nitrogen and oxygen atoms in total. The van der Waals surface area contributed by atoms with Crippen LogP contribution in [0, 0.1) is 5.82 Å². The molecule has 1 saturated carbocycles. The van der Waals surface area contributed by atoms with E-state index < -0.39 is 40.5 Å². The summed E-state index contributed by atoms with van der Waals surface area (Å²) in [6.07, 6.45) is -8.23. The molecule has 1 aliphatic rings. The van der Waals surface area contributed by atoms with Gasteiger partial charge in [0.1, 0.15) is 23.0 Å². The summed E-state index contributed by atoms with van der Waals surface area (Å²) in [5.41, 5.74) is -3.70. The van der Waals surface area contributed by atoms with Gasteiger partial charge in [-0.1, -0.05) is 0 Å². The van der Waals surface area contributed by atoms with Crippen LogP contribution in [0.3, 0.4) is 0 Å². The summed E-state index contributed by atoms with van der Waals surface area (Å²) >= 11 is 0. The fourth-order valence-corrected chi connectivity index (χ4v) is 2.65. The number of nitrogens with zero attached hydrogens (tertiary/aromatic N) is 3. The van der Waals surface area contributed by atoms with Crippen LogP contribution < -0.4 is 0 Å². The minimum atomic E-state index is -4.80. The van der Waals surface area contributed by atoms with Crippen LogP contribution in [0.15, 0.2) is 18.2 Å². The number of rotatable bonds is 2. The molecule has 0 unspecified atom stereocenters. The van der Waals surface area contributed by atoms with E-state index in [-0.39, 0.29) is 29.3 Å². The lowest BCUT2D eigenvalue weighted by Crippen LogP contribution is -2.11. The Hall–Kier alpha value is -2.72. The molecule has 0 aliphatic heterocycles. The second-order valence-electron chi connectivity index (χ2n) is 6.18.